The van der Waals surface area contributed by atoms with Crippen molar-refractivity contribution in [2.24, 2.45) is 5.92 Å². The van der Waals surface area contributed by atoms with Crippen molar-refractivity contribution < 1.29 is 28.7 Å². The molecule has 176 valence electrons. The van der Waals surface area contributed by atoms with E-state index in [-0.39, 0.29) is 12.3 Å². The van der Waals surface area contributed by atoms with Gasteiger partial charge in [0.15, 0.2) is 6.61 Å². The van der Waals surface area contributed by atoms with E-state index in [4.69, 9.17) is 9.47 Å². The molecule has 33 heavy (non-hydrogen) atoms. The average Bonchev–Trinajstić information content (AvgIpc) is 2.80. The van der Waals surface area contributed by atoms with Gasteiger partial charge in [0.25, 0.3) is 11.8 Å². The number of methoxy groups -OCH3 is 1. The molecule has 0 spiro atoms. The Morgan fingerprint density at radius 1 is 0.879 bits per heavy atom. The van der Waals surface area contributed by atoms with Crippen LogP contribution in [0.3, 0.4) is 0 Å². The highest BCUT2D eigenvalue weighted by molar-refractivity contribution is 5.97. The van der Waals surface area contributed by atoms with Crippen LogP contribution in [0.1, 0.15) is 35.3 Å². The molecule has 2 N–H and O–H groups in total. The third kappa shape index (κ3) is 8.07. The number of aryl methyl sites for hydroxylation is 1. The molecule has 1 unspecified atom stereocenters. The number of nitrogens with one attached hydrogen (secondary N) is 2. The van der Waals surface area contributed by atoms with Gasteiger partial charge in [-0.05, 0) is 30.5 Å². The lowest BCUT2D eigenvalue weighted by Gasteiger charge is -2.21. The maximum Gasteiger partial charge on any atom is 0.329 e. The molecule has 0 aliphatic heterocycles. The minimum atomic E-state index is -0.938. The van der Waals surface area contributed by atoms with E-state index in [0.717, 1.165) is 11.1 Å². The molecular formula is C25H30N2O6. The molecule has 0 saturated heterocycles. The monoisotopic (exact) mass is 454 g/mol. The van der Waals surface area contributed by atoms with Gasteiger partial charge in [-0.2, -0.15) is 0 Å². The lowest BCUT2D eigenvalue weighted by Crippen LogP contribution is -2.48. The largest absolute Gasteiger partial charge is 0.467 e. The van der Waals surface area contributed by atoms with Crippen molar-refractivity contribution in [2.75, 3.05) is 13.7 Å². The SMILES string of the molecule is COC(=O)C(Cc1ccccc1)NC(=O)COC(=O)[C@@H](NC(=O)c1ccc(C)cc1)C(C)C. The van der Waals surface area contributed by atoms with Gasteiger partial charge in [-0.25, -0.2) is 9.59 Å². The van der Waals surface area contributed by atoms with Gasteiger partial charge >= 0.3 is 11.9 Å². The zero-order valence-electron chi connectivity index (χ0n) is 19.3. The Labute approximate surface area is 193 Å². The maximum absolute atomic E-state index is 12.6. The summed E-state index contributed by atoms with van der Waals surface area (Å²) in [6, 6.07) is 14.2. The summed E-state index contributed by atoms with van der Waals surface area (Å²) >= 11 is 0. The number of carbonyl (C=O) groups excluding carboxylic acids is 4. The molecule has 8 heteroatoms. The minimum Gasteiger partial charge on any atom is -0.467 e. The molecule has 2 rings (SSSR count). The zero-order chi connectivity index (χ0) is 24.4. The predicted octanol–water partition coefficient (Wildman–Crippen LogP) is 2.19. The van der Waals surface area contributed by atoms with Crippen molar-refractivity contribution >= 4 is 23.8 Å². The first-order valence-electron chi connectivity index (χ1n) is 10.7. The van der Waals surface area contributed by atoms with Crippen LogP contribution in [0.2, 0.25) is 0 Å². The number of hydrogen-bond donors (Lipinski definition) is 2. The summed E-state index contributed by atoms with van der Waals surface area (Å²) in [6.07, 6.45) is 0.231. The second-order valence-corrected chi connectivity index (χ2v) is 8.00. The summed E-state index contributed by atoms with van der Waals surface area (Å²) in [6.45, 7) is 4.83. The van der Waals surface area contributed by atoms with Crippen LogP contribution in [0.5, 0.6) is 0 Å². The van der Waals surface area contributed by atoms with Gasteiger partial charge in [-0.1, -0.05) is 61.9 Å². The van der Waals surface area contributed by atoms with Crippen LogP contribution in [-0.4, -0.2) is 49.6 Å². The summed E-state index contributed by atoms with van der Waals surface area (Å²) in [5, 5.41) is 5.19. The standard InChI is InChI=1S/C25H30N2O6/c1-16(2)22(27-23(29)19-12-10-17(3)11-13-19)25(31)33-15-21(28)26-20(24(30)32-4)14-18-8-6-5-7-9-18/h5-13,16,20,22H,14-15H2,1-4H3,(H,26,28)(H,27,29)/t20?,22-/m0/s1. The zero-order valence-corrected chi connectivity index (χ0v) is 19.3. The van der Waals surface area contributed by atoms with Gasteiger partial charge in [0.05, 0.1) is 7.11 Å². The predicted molar refractivity (Wildman–Crippen MR) is 122 cm³/mol. The molecule has 0 bridgehead atoms. The smallest absolute Gasteiger partial charge is 0.329 e. The lowest BCUT2D eigenvalue weighted by molar-refractivity contribution is -0.152. The number of benzene rings is 2. The van der Waals surface area contributed by atoms with E-state index < -0.39 is 42.4 Å². The van der Waals surface area contributed by atoms with Gasteiger partial charge in [-0.15, -0.1) is 0 Å². The first-order chi connectivity index (χ1) is 15.7. The van der Waals surface area contributed by atoms with E-state index in [1.807, 2.05) is 37.3 Å². The van der Waals surface area contributed by atoms with Crippen LogP contribution in [-0.2, 0) is 30.3 Å². The van der Waals surface area contributed by atoms with E-state index >= 15 is 0 Å². The molecular weight excluding hydrogens is 424 g/mol. The third-order valence-corrected chi connectivity index (χ3v) is 4.97. The van der Waals surface area contributed by atoms with Crippen molar-refractivity contribution in [1.29, 1.82) is 0 Å². The van der Waals surface area contributed by atoms with Gasteiger partial charge < -0.3 is 20.1 Å². The summed E-state index contributed by atoms with van der Waals surface area (Å²) in [5.41, 5.74) is 2.26. The second kappa shape index (κ2) is 12.4. The number of esters is 2. The van der Waals surface area contributed by atoms with Gasteiger partial charge in [0.1, 0.15) is 12.1 Å². The van der Waals surface area contributed by atoms with Crippen LogP contribution < -0.4 is 10.6 Å². The summed E-state index contributed by atoms with van der Waals surface area (Å²) in [4.78, 5) is 49.5. The van der Waals surface area contributed by atoms with Crippen molar-refractivity contribution in [3.8, 4) is 0 Å². The molecule has 0 aliphatic carbocycles. The molecule has 2 atom stereocenters. The van der Waals surface area contributed by atoms with E-state index in [2.05, 4.69) is 10.6 Å². The van der Waals surface area contributed by atoms with Gasteiger partial charge in [0.2, 0.25) is 0 Å². The van der Waals surface area contributed by atoms with Crippen LogP contribution in [0, 0.1) is 12.8 Å². The highest BCUT2D eigenvalue weighted by Gasteiger charge is 2.28. The van der Waals surface area contributed by atoms with E-state index in [1.165, 1.54) is 7.11 Å². The maximum atomic E-state index is 12.6. The topological polar surface area (TPSA) is 111 Å². The fraction of sp³-hybridized carbons (Fsp3) is 0.360. The molecule has 0 aromatic heterocycles. The first kappa shape index (κ1) is 25.6. The van der Waals surface area contributed by atoms with Crippen molar-refractivity contribution in [3.63, 3.8) is 0 Å². The molecule has 8 nitrogen and oxygen atoms in total. The quantitative estimate of drug-likeness (QED) is 0.533. The van der Waals surface area contributed by atoms with Gasteiger partial charge in [-0.3, -0.25) is 9.59 Å². The Morgan fingerprint density at radius 3 is 2.09 bits per heavy atom. The molecule has 0 fully saturated rings. The van der Waals surface area contributed by atoms with E-state index in [1.54, 1.807) is 38.1 Å². The molecule has 0 radical (unpaired) electrons. The number of ether oxygens (including phenoxy) is 2. The third-order valence-electron chi connectivity index (χ3n) is 4.97. The summed E-state index contributed by atoms with van der Waals surface area (Å²) in [7, 11) is 1.23. The Balaban J connectivity index is 1.94. The number of rotatable bonds is 10. The highest BCUT2D eigenvalue weighted by atomic mass is 16.5. The number of hydrogen-bond acceptors (Lipinski definition) is 6. The molecule has 2 aromatic carbocycles. The van der Waals surface area contributed by atoms with Crippen LogP contribution in [0.4, 0.5) is 0 Å². The fourth-order valence-electron chi connectivity index (χ4n) is 3.08. The molecule has 0 saturated carbocycles. The Kier molecular flexibility index (Phi) is 9.60. The Morgan fingerprint density at radius 2 is 1.52 bits per heavy atom. The minimum absolute atomic E-state index is 0.231. The normalized spacial score (nSPS) is 12.4. The van der Waals surface area contributed by atoms with E-state index in [0.29, 0.717) is 5.56 Å². The number of carbonyl (C=O) groups is 4. The molecule has 2 amide bonds. The first-order valence-corrected chi connectivity index (χ1v) is 10.7. The molecule has 0 aliphatic rings. The lowest BCUT2D eigenvalue weighted by atomic mass is 10.0. The summed E-state index contributed by atoms with van der Waals surface area (Å²) in [5.74, 6) is -2.68. The summed E-state index contributed by atoms with van der Waals surface area (Å²) < 4.78 is 9.89. The molecule has 0 heterocycles. The Hall–Kier alpha value is -3.68. The van der Waals surface area contributed by atoms with Gasteiger partial charge in [0, 0.05) is 12.0 Å². The van der Waals surface area contributed by atoms with Crippen LogP contribution >= 0.6 is 0 Å². The second-order valence-electron chi connectivity index (χ2n) is 8.00. The van der Waals surface area contributed by atoms with Crippen molar-refractivity contribution in [2.45, 2.75) is 39.3 Å². The van der Waals surface area contributed by atoms with Crippen molar-refractivity contribution in [1.82, 2.24) is 10.6 Å². The van der Waals surface area contributed by atoms with Crippen LogP contribution in [0.15, 0.2) is 54.6 Å². The molecule has 2 aromatic rings. The highest BCUT2D eigenvalue weighted by Crippen LogP contribution is 2.09. The number of amides is 2. The Bertz CT molecular complexity index is 957. The average molecular weight is 455 g/mol. The fourth-order valence-corrected chi connectivity index (χ4v) is 3.08. The van der Waals surface area contributed by atoms with Crippen molar-refractivity contribution in [3.05, 3.63) is 71.3 Å². The van der Waals surface area contributed by atoms with E-state index in [9.17, 15) is 19.2 Å². The van der Waals surface area contributed by atoms with Crippen LogP contribution in [0.25, 0.3) is 0 Å².